The summed E-state index contributed by atoms with van der Waals surface area (Å²) in [7, 11) is -3.77. The monoisotopic (exact) mass is 472 g/mol. The Labute approximate surface area is 187 Å². The van der Waals surface area contributed by atoms with Crippen molar-refractivity contribution >= 4 is 38.6 Å². The Hall–Kier alpha value is -3.63. The number of carbonyl (C=O) groups excluding carboxylic acids is 1. The quantitative estimate of drug-likeness (QED) is 0.371. The van der Waals surface area contributed by atoms with Crippen molar-refractivity contribution in [3.8, 4) is 5.75 Å². The second kappa shape index (κ2) is 9.25. The third-order valence-corrected chi connectivity index (χ3v) is 7.02. The Morgan fingerprint density at radius 1 is 0.969 bits per heavy atom. The van der Waals surface area contributed by atoms with Gasteiger partial charge in [0.05, 0.1) is 11.4 Å². The van der Waals surface area contributed by atoms with Crippen LogP contribution in [0.2, 0.25) is 0 Å². The van der Waals surface area contributed by atoms with Crippen molar-refractivity contribution in [3.05, 3.63) is 95.5 Å². The first-order valence-corrected chi connectivity index (χ1v) is 11.7. The van der Waals surface area contributed by atoms with Crippen molar-refractivity contribution in [2.75, 3.05) is 10.0 Å². The Balaban J connectivity index is 1.43. The molecule has 0 saturated heterocycles. The van der Waals surface area contributed by atoms with Gasteiger partial charge in [-0.2, -0.15) is 0 Å². The highest BCUT2D eigenvalue weighted by Crippen LogP contribution is 2.27. The zero-order valence-corrected chi connectivity index (χ0v) is 18.1. The highest BCUT2D eigenvalue weighted by Gasteiger charge is 2.19. The maximum Gasteiger partial charge on any atom is 0.291 e. The normalized spacial score (nSPS) is 11.2. The summed E-state index contributed by atoms with van der Waals surface area (Å²) in [6.07, 6.45) is 0. The number of sulfonamides is 1. The SMILES string of the molecule is O=C(Nc1ccccc1NS(=O)(=O)c1cccs1)c1ccc(COc2ccc(F)cc2)o1. The number of anilines is 2. The summed E-state index contributed by atoms with van der Waals surface area (Å²) in [6.45, 7) is 0.0517. The van der Waals surface area contributed by atoms with Gasteiger partial charge in [0.25, 0.3) is 15.9 Å². The second-order valence-corrected chi connectivity index (χ2v) is 9.40. The van der Waals surface area contributed by atoms with Crippen LogP contribution in [0, 0.1) is 5.82 Å². The number of nitrogens with one attached hydrogen (secondary N) is 2. The van der Waals surface area contributed by atoms with E-state index in [1.807, 2.05) is 0 Å². The van der Waals surface area contributed by atoms with Crippen LogP contribution in [0.4, 0.5) is 15.8 Å². The van der Waals surface area contributed by atoms with E-state index in [-0.39, 0.29) is 33.8 Å². The van der Waals surface area contributed by atoms with Crippen LogP contribution in [-0.4, -0.2) is 14.3 Å². The van der Waals surface area contributed by atoms with Gasteiger partial charge in [0.15, 0.2) is 5.76 Å². The van der Waals surface area contributed by atoms with Gasteiger partial charge in [0.2, 0.25) is 0 Å². The molecule has 164 valence electrons. The highest BCUT2D eigenvalue weighted by atomic mass is 32.2. The van der Waals surface area contributed by atoms with E-state index >= 15 is 0 Å². The van der Waals surface area contributed by atoms with Gasteiger partial charge in [0.1, 0.15) is 28.1 Å². The molecule has 2 heterocycles. The average Bonchev–Trinajstić information content (AvgIpc) is 3.47. The summed E-state index contributed by atoms with van der Waals surface area (Å²) in [6, 6.07) is 18.2. The molecule has 10 heteroatoms. The lowest BCUT2D eigenvalue weighted by atomic mass is 10.2. The standard InChI is InChI=1S/C22H17FN2O5S2/c23-15-7-9-16(10-8-15)29-14-17-11-12-20(30-17)22(26)24-18-4-1-2-5-19(18)25-32(27,28)21-6-3-13-31-21/h1-13,25H,14H2,(H,24,26). The molecule has 2 N–H and O–H groups in total. The minimum atomic E-state index is -3.77. The van der Waals surface area contributed by atoms with Gasteiger partial charge >= 0.3 is 0 Å². The highest BCUT2D eigenvalue weighted by molar-refractivity contribution is 7.94. The number of amides is 1. The summed E-state index contributed by atoms with van der Waals surface area (Å²) in [5.74, 6) is -0.0430. The molecule has 0 fully saturated rings. The van der Waals surface area contributed by atoms with Crippen LogP contribution in [0.25, 0.3) is 0 Å². The fraction of sp³-hybridized carbons (Fsp3) is 0.0455. The molecule has 7 nitrogen and oxygen atoms in total. The van der Waals surface area contributed by atoms with E-state index in [2.05, 4.69) is 10.0 Å². The van der Waals surface area contributed by atoms with Gasteiger partial charge in [-0.1, -0.05) is 18.2 Å². The van der Waals surface area contributed by atoms with Crippen molar-refractivity contribution in [2.45, 2.75) is 10.8 Å². The van der Waals surface area contributed by atoms with E-state index in [0.29, 0.717) is 11.5 Å². The van der Waals surface area contributed by atoms with Crippen LogP contribution in [0.1, 0.15) is 16.3 Å². The number of carbonyl (C=O) groups is 1. The van der Waals surface area contributed by atoms with E-state index in [1.54, 1.807) is 41.8 Å². The lowest BCUT2D eigenvalue weighted by Crippen LogP contribution is -2.16. The van der Waals surface area contributed by atoms with E-state index in [1.165, 1.54) is 36.4 Å². The largest absolute Gasteiger partial charge is 0.486 e. The van der Waals surface area contributed by atoms with Crippen LogP contribution in [0.3, 0.4) is 0 Å². The average molecular weight is 473 g/mol. The molecule has 0 spiro atoms. The maximum atomic E-state index is 13.0. The van der Waals surface area contributed by atoms with Crippen LogP contribution in [-0.2, 0) is 16.6 Å². The third kappa shape index (κ3) is 5.16. The van der Waals surface area contributed by atoms with E-state index in [9.17, 15) is 17.6 Å². The number of hydrogen-bond donors (Lipinski definition) is 2. The van der Waals surface area contributed by atoms with Gasteiger partial charge in [-0.3, -0.25) is 9.52 Å². The van der Waals surface area contributed by atoms with Gasteiger partial charge < -0.3 is 14.5 Å². The van der Waals surface area contributed by atoms with Crippen LogP contribution < -0.4 is 14.8 Å². The van der Waals surface area contributed by atoms with Gasteiger partial charge in [0, 0.05) is 0 Å². The number of ether oxygens (including phenoxy) is 1. The molecule has 0 aliphatic rings. The molecule has 32 heavy (non-hydrogen) atoms. The fourth-order valence-corrected chi connectivity index (χ4v) is 4.81. The van der Waals surface area contributed by atoms with E-state index in [4.69, 9.17) is 9.15 Å². The zero-order chi connectivity index (χ0) is 22.6. The Morgan fingerprint density at radius 2 is 1.72 bits per heavy atom. The van der Waals surface area contributed by atoms with Crippen molar-refractivity contribution in [1.82, 2.24) is 0 Å². The molecular weight excluding hydrogens is 455 g/mol. The number of hydrogen-bond acceptors (Lipinski definition) is 6. The molecule has 4 rings (SSSR count). The van der Waals surface area contributed by atoms with Crippen LogP contribution in [0.15, 0.2) is 86.8 Å². The predicted octanol–water partition coefficient (Wildman–Crippen LogP) is 5.11. The van der Waals surface area contributed by atoms with Crippen LogP contribution in [0.5, 0.6) is 5.75 Å². The first-order valence-electron chi connectivity index (χ1n) is 9.34. The number of benzene rings is 2. The number of furan rings is 1. The van der Waals surface area contributed by atoms with E-state index in [0.717, 1.165) is 11.3 Å². The number of halogens is 1. The summed E-state index contributed by atoms with van der Waals surface area (Å²) in [5.41, 5.74) is 0.499. The number of thiophene rings is 1. The lowest BCUT2D eigenvalue weighted by molar-refractivity contribution is 0.0992. The lowest BCUT2D eigenvalue weighted by Gasteiger charge is -2.12. The summed E-state index contributed by atoms with van der Waals surface area (Å²) >= 11 is 1.09. The Morgan fingerprint density at radius 3 is 2.44 bits per heavy atom. The number of rotatable bonds is 8. The Bertz CT molecular complexity index is 1320. The second-order valence-electron chi connectivity index (χ2n) is 6.55. The first-order chi connectivity index (χ1) is 15.4. The molecule has 2 aromatic heterocycles. The summed E-state index contributed by atoms with van der Waals surface area (Å²) in [4.78, 5) is 12.6. The fourth-order valence-electron chi connectivity index (χ4n) is 2.74. The molecule has 2 aromatic carbocycles. The molecule has 0 aliphatic carbocycles. The zero-order valence-electron chi connectivity index (χ0n) is 16.4. The molecule has 4 aromatic rings. The molecule has 0 bridgehead atoms. The summed E-state index contributed by atoms with van der Waals surface area (Å²) < 4.78 is 51.6. The first kappa shape index (κ1) is 21.6. The maximum absolute atomic E-state index is 13.0. The third-order valence-electron chi connectivity index (χ3n) is 4.26. The van der Waals surface area contributed by atoms with Crippen LogP contribution >= 0.6 is 11.3 Å². The molecule has 0 radical (unpaired) electrons. The van der Waals surface area contributed by atoms with Gasteiger partial charge in [-0.15, -0.1) is 11.3 Å². The minimum Gasteiger partial charge on any atom is -0.486 e. The van der Waals surface area contributed by atoms with Gasteiger partial charge in [-0.25, -0.2) is 12.8 Å². The smallest absolute Gasteiger partial charge is 0.291 e. The van der Waals surface area contributed by atoms with Crippen molar-refractivity contribution in [1.29, 1.82) is 0 Å². The molecule has 0 atom stereocenters. The van der Waals surface area contributed by atoms with Gasteiger partial charge in [-0.05, 0) is 60.0 Å². The van der Waals surface area contributed by atoms with Crippen molar-refractivity contribution < 1.29 is 26.8 Å². The van der Waals surface area contributed by atoms with E-state index < -0.39 is 15.9 Å². The van der Waals surface area contributed by atoms with Crippen molar-refractivity contribution in [3.63, 3.8) is 0 Å². The molecule has 0 unspecified atom stereocenters. The molecule has 1 amide bonds. The summed E-state index contributed by atoms with van der Waals surface area (Å²) in [5, 5.41) is 4.31. The molecular formula is C22H17FN2O5S2. The van der Waals surface area contributed by atoms with Crippen molar-refractivity contribution in [2.24, 2.45) is 0 Å². The number of para-hydroxylation sites is 2. The predicted molar refractivity (Wildman–Crippen MR) is 119 cm³/mol. The minimum absolute atomic E-state index is 0.0265. The topological polar surface area (TPSA) is 97.6 Å². The Kier molecular flexibility index (Phi) is 6.24. The molecule has 0 saturated carbocycles. The molecule has 0 aliphatic heterocycles.